The van der Waals surface area contributed by atoms with E-state index in [0.717, 1.165) is 28.7 Å². The lowest BCUT2D eigenvalue weighted by molar-refractivity contribution is -0.171. The Morgan fingerprint density at radius 3 is 2.19 bits per heavy atom. The molecule has 3 aromatic rings. The van der Waals surface area contributed by atoms with E-state index in [1.54, 1.807) is 0 Å². The summed E-state index contributed by atoms with van der Waals surface area (Å²) in [5.74, 6) is -2.10. The van der Waals surface area contributed by atoms with Crippen molar-refractivity contribution in [2.75, 3.05) is 0 Å². The summed E-state index contributed by atoms with van der Waals surface area (Å²) in [6, 6.07) is 22.3. The number of hydrogen-bond donors (Lipinski definition) is 3. The van der Waals surface area contributed by atoms with Crippen LogP contribution in [0.25, 0.3) is 11.1 Å². The van der Waals surface area contributed by atoms with Crippen molar-refractivity contribution in [2.45, 2.75) is 38.3 Å². The largest absolute Gasteiger partial charge is 0.480 e. The van der Waals surface area contributed by atoms with Gasteiger partial charge in [-0.25, -0.2) is 9.59 Å². The SMILES string of the molecule is O=C(NC(Cc1ccccc1)C(=O)O)OCc1cccc2c1Cc1ccccc1-2.O=C1CCC(=O)N1O. The molecule has 37 heavy (non-hydrogen) atoms. The molecule has 190 valence electrons. The molecule has 5 rings (SSSR count). The van der Waals surface area contributed by atoms with E-state index in [4.69, 9.17) is 9.94 Å². The first kappa shape index (κ1) is 25.6. The summed E-state index contributed by atoms with van der Waals surface area (Å²) in [4.78, 5) is 44.2. The predicted molar refractivity (Wildman–Crippen MR) is 132 cm³/mol. The van der Waals surface area contributed by atoms with Crippen LogP contribution in [0.5, 0.6) is 0 Å². The van der Waals surface area contributed by atoms with Crippen molar-refractivity contribution in [1.82, 2.24) is 10.4 Å². The van der Waals surface area contributed by atoms with Crippen LogP contribution in [-0.2, 0) is 38.6 Å². The van der Waals surface area contributed by atoms with Crippen LogP contribution < -0.4 is 5.32 Å². The standard InChI is InChI=1S/C24H21NO4.C4H5NO3/c26-23(27)22(13-16-7-2-1-3-8-16)25-24(28)29-15-18-10-6-12-20-19-11-5-4-9-17(19)14-21(18)20;6-3-1-2-4(7)5(3)8/h1-12,22H,13-15H2,(H,25,28)(H,26,27);8H,1-2H2. The predicted octanol–water partition coefficient (Wildman–Crippen LogP) is 3.70. The van der Waals surface area contributed by atoms with E-state index in [1.165, 1.54) is 11.1 Å². The Balaban J connectivity index is 0.000000342. The monoisotopic (exact) mass is 502 g/mol. The average Bonchev–Trinajstić information content (AvgIpc) is 3.43. The molecule has 1 aliphatic heterocycles. The maximum atomic E-state index is 12.2. The lowest BCUT2D eigenvalue weighted by Crippen LogP contribution is -2.42. The third kappa shape index (κ3) is 6.20. The van der Waals surface area contributed by atoms with Gasteiger partial charge in [-0.3, -0.25) is 14.8 Å². The molecule has 0 radical (unpaired) electrons. The number of hydrogen-bond acceptors (Lipinski definition) is 6. The van der Waals surface area contributed by atoms with Gasteiger partial charge in [0.05, 0.1) is 0 Å². The van der Waals surface area contributed by atoms with Crippen molar-refractivity contribution in [3.63, 3.8) is 0 Å². The Morgan fingerprint density at radius 1 is 0.892 bits per heavy atom. The van der Waals surface area contributed by atoms with Crippen LogP contribution in [0.2, 0.25) is 0 Å². The number of carbonyl (C=O) groups is 4. The zero-order chi connectivity index (χ0) is 26.4. The third-order valence-electron chi connectivity index (χ3n) is 6.20. The summed E-state index contributed by atoms with van der Waals surface area (Å²) in [6.07, 6.45) is 0.561. The summed E-state index contributed by atoms with van der Waals surface area (Å²) in [6.45, 7) is 0.0979. The minimum Gasteiger partial charge on any atom is -0.480 e. The summed E-state index contributed by atoms with van der Waals surface area (Å²) in [5.41, 5.74) is 6.55. The molecule has 1 atom stereocenters. The molecule has 1 saturated heterocycles. The maximum absolute atomic E-state index is 12.2. The first-order chi connectivity index (χ1) is 17.8. The summed E-state index contributed by atoms with van der Waals surface area (Å²) in [5, 5.41) is 20.5. The maximum Gasteiger partial charge on any atom is 0.408 e. The Labute approximate surface area is 213 Å². The van der Waals surface area contributed by atoms with E-state index in [9.17, 15) is 24.3 Å². The Kier molecular flexibility index (Phi) is 7.95. The summed E-state index contributed by atoms with van der Waals surface area (Å²) < 4.78 is 5.36. The number of nitrogens with one attached hydrogen (secondary N) is 1. The number of carboxylic acids is 1. The highest BCUT2D eigenvalue weighted by molar-refractivity contribution is 6.00. The van der Waals surface area contributed by atoms with E-state index in [0.29, 0.717) is 0 Å². The van der Waals surface area contributed by atoms with Gasteiger partial charge in [-0.15, -0.1) is 0 Å². The minimum atomic E-state index is -1.10. The quantitative estimate of drug-likeness (QED) is 0.270. The minimum absolute atomic E-state index is 0.0979. The van der Waals surface area contributed by atoms with Crippen molar-refractivity contribution in [2.24, 2.45) is 0 Å². The highest BCUT2D eigenvalue weighted by Crippen LogP contribution is 2.38. The fourth-order valence-corrected chi connectivity index (χ4v) is 4.30. The number of carboxylic acid groups (broad SMARTS) is 1. The van der Waals surface area contributed by atoms with Gasteiger partial charge < -0.3 is 15.2 Å². The molecule has 1 aliphatic carbocycles. The lowest BCUT2D eigenvalue weighted by Gasteiger charge is -2.15. The number of carbonyl (C=O) groups excluding carboxylic acids is 3. The van der Waals surface area contributed by atoms with Crippen molar-refractivity contribution in [3.8, 4) is 11.1 Å². The van der Waals surface area contributed by atoms with Gasteiger partial charge in [0.15, 0.2) is 0 Å². The van der Waals surface area contributed by atoms with Crippen LogP contribution in [0, 0.1) is 0 Å². The summed E-state index contributed by atoms with van der Waals surface area (Å²) in [7, 11) is 0. The van der Waals surface area contributed by atoms with Gasteiger partial charge >= 0.3 is 12.1 Å². The van der Waals surface area contributed by atoms with Gasteiger partial charge in [0.25, 0.3) is 11.8 Å². The first-order valence-corrected chi connectivity index (χ1v) is 11.8. The molecule has 1 fully saturated rings. The molecular weight excluding hydrogens is 476 g/mol. The average molecular weight is 503 g/mol. The van der Waals surface area contributed by atoms with Crippen molar-refractivity contribution in [3.05, 3.63) is 95.1 Å². The first-order valence-electron chi connectivity index (χ1n) is 11.8. The molecule has 1 unspecified atom stereocenters. The van der Waals surface area contributed by atoms with Gasteiger partial charge in [-0.1, -0.05) is 72.8 Å². The molecule has 9 nitrogen and oxygen atoms in total. The number of ether oxygens (including phenoxy) is 1. The second kappa shape index (κ2) is 11.5. The number of nitrogens with zero attached hydrogens (tertiary/aromatic N) is 1. The zero-order valence-electron chi connectivity index (χ0n) is 19.9. The van der Waals surface area contributed by atoms with Crippen molar-refractivity contribution < 1.29 is 34.2 Å². The molecule has 1 heterocycles. The van der Waals surface area contributed by atoms with Crippen LogP contribution in [0.4, 0.5) is 4.79 Å². The molecule has 0 aromatic heterocycles. The Morgan fingerprint density at radius 2 is 1.54 bits per heavy atom. The van der Waals surface area contributed by atoms with Gasteiger partial charge in [0.2, 0.25) is 0 Å². The van der Waals surface area contributed by atoms with Gasteiger partial charge in [0, 0.05) is 19.3 Å². The normalized spacial score (nSPS) is 14.2. The van der Waals surface area contributed by atoms with Crippen LogP contribution in [0.3, 0.4) is 0 Å². The molecule has 3 aromatic carbocycles. The van der Waals surface area contributed by atoms with E-state index in [1.807, 2.05) is 54.6 Å². The molecule has 3 amide bonds. The lowest BCUT2D eigenvalue weighted by atomic mass is 10.0. The number of aliphatic carboxylic acids is 1. The smallest absolute Gasteiger partial charge is 0.408 e. The van der Waals surface area contributed by atoms with Gasteiger partial charge in [-0.2, -0.15) is 5.06 Å². The highest BCUT2D eigenvalue weighted by Gasteiger charge is 2.27. The molecule has 3 N–H and O–H groups in total. The van der Waals surface area contributed by atoms with Crippen molar-refractivity contribution >= 4 is 23.9 Å². The second-order valence-electron chi connectivity index (χ2n) is 8.68. The molecule has 0 spiro atoms. The van der Waals surface area contributed by atoms with Crippen LogP contribution in [-0.4, -0.2) is 45.3 Å². The van der Waals surface area contributed by atoms with E-state index >= 15 is 0 Å². The number of rotatable bonds is 6. The van der Waals surface area contributed by atoms with E-state index in [-0.39, 0.29) is 30.9 Å². The van der Waals surface area contributed by atoms with Crippen molar-refractivity contribution in [1.29, 1.82) is 0 Å². The van der Waals surface area contributed by atoms with E-state index in [2.05, 4.69) is 23.5 Å². The molecular formula is C28H26N2O7. The zero-order valence-corrected chi connectivity index (χ0v) is 19.9. The number of hydroxylamine groups is 2. The third-order valence-corrected chi connectivity index (χ3v) is 6.20. The molecule has 2 aliphatic rings. The Bertz CT molecular complexity index is 1310. The van der Waals surface area contributed by atoms with Crippen LogP contribution >= 0.6 is 0 Å². The Hall–Kier alpha value is -4.50. The van der Waals surface area contributed by atoms with Gasteiger partial charge in [-0.05, 0) is 39.8 Å². The number of benzene rings is 3. The second-order valence-corrected chi connectivity index (χ2v) is 8.68. The van der Waals surface area contributed by atoms with Gasteiger partial charge in [0.1, 0.15) is 12.6 Å². The van der Waals surface area contributed by atoms with Crippen LogP contribution in [0.15, 0.2) is 72.8 Å². The molecule has 9 heteroatoms. The fraction of sp³-hybridized carbons (Fsp3) is 0.214. The van der Waals surface area contributed by atoms with E-state index < -0.39 is 29.9 Å². The fourth-order valence-electron chi connectivity index (χ4n) is 4.30. The van der Waals surface area contributed by atoms with Crippen LogP contribution in [0.1, 0.15) is 35.1 Å². The highest BCUT2D eigenvalue weighted by atomic mass is 16.5. The molecule has 0 saturated carbocycles. The number of alkyl carbamates (subject to hydrolysis) is 1. The number of imide groups is 1. The number of amides is 3. The topological polar surface area (TPSA) is 133 Å². The molecule has 0 bridgehead atoms. The summed E-state index contributed by atoms with van der Waals surface area (Å²) >= 11 is 0. The number of fused-ring (bicyclic) bond motifs is 3.